The number of hydrogen-bond acceptors (Lipinski definition) is 7. The molecule has 0 radical (unpaired) electrons. The molecular weight excluding hydrogens is 428 g/mol. The number of nitrogens with one attached hydrogen (secondary N) is 1. The van der Waals surface area contributed by atoms with Gasteiger partial charge in [-0.15, -0.1) is 0 Å². The van der Waals surface area contributed by atoms with Gasteiger partial charge in [0, 0.05) is 5.69 Å². The summed E-state index contributed by atoms with van der Waals surface area (Å²) in [6, 6.07) is 25.9. The van der Waals surface area contributed by atoms with E-state index in [4.69, 9.17) is 21.5 Å². The molecule has 0 saturated carbocycles. The zero-order valence-electron chi connectivity index (χ0n) is 18.0. The van der Waals surface area contributed by atoms with Gasteiger partial charge in [0.15, 0.2) is 0 Å². The van der Waals surface area contributed by atoms with Gasteiger partial charge in [0.2, 0.25) is 0 Å². The van der Waals surface area contributed by atoms with Gasteiger partial charge in [-0.3, -0.25) is 4.79 Å². The number of aromatic nitrogens is 2. The summed E-state index contributed by atoms with van der Waals surface area (Å²) in [5, 5.41) is 12.3. The summed E-state index contributed by atoms with van der Waals surface area (Å²) in [7, 11) is 0. The van der Waals surface area contributed by atoms with Gasteiger partial charge in [0.25, 0.3) is 5.91 Å². The monoisotopic (exact) mass is 448 g/mol. The summed E-state index contributed by atoms with van der Waals surface area (Å²) < 4.78 is 5.86. The number of nitriles is 1. The quantitative estimate of drug-likeness (QED) is 0.276. The maximum absolute atomic E-state index is 11.4. The Labute approximate surface area is 196 Å². The number of nitrogens with zero attached hydrogens (tertiary/aromatic N) is 3. The molecule has 0 atom stereocenters. The summed E-state index contributed by atoms with van der Waals surface area (Å²) >= 11 is 0. The molecule has 0 unspecified atom stereocenters. The van der Waals surface area contributed by atoms with Gasteiger partial charge in [-0.2, -0.15) is 5.26 Å². The summed E-state index contributed by atoms with van der Waals surface area (Å²) in [6.45, 7) is 0. The first kappa shape index (κ1) is 22.0. The maximum atomic E-state index is 11.4. The summed E-state index contributed by atoms with van der Waals surface area (Å²) in [6.07, 6.45) is 2.80. The number of nitrogens with two attached hydrogens (primary N) is 2. The topological polar surface area (TPSA) is 140 Å². The first-order valence-electron chi connectivity index (χ1n) is 10.3. The molecule has 34 heavy (non-hydrogen) atoms. The number of carbonyl (C=O) groups excluding carboxylic acids is 1. The van der Waals surface area contributed by atoms with Crippen molar-refractivity contribution in [2.75, 3.05) is 11.1 Å². The highest BCUT2D eigenvalue weighted by atomic mass is 16.5. The van der Waals surface area contributed by atoms with E-state index in [9.17, 15) is 4.79 Å². The number of ether oxygens (including phenoxy) is 1. The van der Waals surface area contributed by atoms with Crippen LogP contribution in [-0.4, -0.2) is 15.9 Å². The molecule has 0 aliphatic rings. The number of primary amides is 1. The third-order valence-corrected chi connectivity index (χ3v) is 4.84. The van der Waals surface area contributed by atoms with E-state index in [0.717, 1.165) is 11.3 Å². The highest BCUT2D eigenvalue weighted by molar-refractivity contribution is 6.00. The number of benzene rings is 3. The number of rotatable bonds is 7. The molecule has 1 heterocycles. The Morgan fingerprint density at radius 2 is 1.71 bits per heavy atom. The van der Waals surface area contributed by atoms with Crippen molar-refractivity contribution in [1.29, 1.82) is 5.26 Å². The minimum atomic E-state index is -0.786. The Morgan fingerprint density at radius 3 is 2.41 bits per heavy atom. The molecule has 0 fully saturated rings. The zero-order valence-corrected chi connectivity index (χ0v) is 18.0. The first-order valence-corrected chi connectivity index (χ1v) is 10.3. The van der Waals surface area contributed by atoms with E-state index in [2.05, 4.69) is 15.3 Å². The van der Waals surface area contributed by atoms with Gasteiger partial charge >= 0.3 is 0 Å². The Hall–Kier alpha value is -5.16. The molecule has 166 valence electrons. The van der Waals surface area contributed by atoms with Crippen LogP contribution in [-0.2, 0) is 4.79 Å². The lowest BCUT2D eigenvalue weighted by atomic mass is 10.1. The maximum Gasteiger partial charge on any atom is 0.259 e. The van der Waals surface area contributed by atoms with E-state index in [1.807, 2.05) is 60.7 Å². The number of amides is 1. The summed E-state index contributed by atoms with van der Waals surface area (Å²) in [5.41, 5.74) is 14.0. The average Bonchev–Trinajstić information content (AvgIpc) is 2.84. The molecule has 0 spiro atoms. The van der Waals surface area contributed by atoms with Gasteiger partial charge in [-0.1, -0.05) is 42.5 Å². The van der Waals surface area contributed by atoms with Crippen LogP contribution in [0.25, 0.3) is 17.2 Å². The van der Waals surface area contributed by atoms with Crippen LogP contribution in [0.5, 0.6) is 11.5 Å². The van der Waals surface area contributed by atoms with Crippen molar-refractivity contribution in [1.82, 2.24) is 9.97 Å². The Bertz CT molecular complexity index is 1390. The Kier molecular flexibility index (Phi) is 6.47. The number of anilines is 3. The van der Waals surface area contributed by atoms with Crippen LogP contribution in [0.2, 0.25) is 0 Å². The molecule has 0 aliphatic carbocycles. The third-order valence-electron chi connectivity index (χ3n) is 4.84. The molecule has 3 aromatic carbocycles. The van der Waals surface area contributed by atoms with Crippen LogP contribution in [0.1, 0.15) is 5.56 Å². The largest absolute Gasteiger partial charge is 0.457 e. The normalized spacial score (nSPS) is 10.9. The standard InChI is InChI=1S/C26H20N6O2/c27-15-19(25(29)33)13-17-5-4-6-20(14-17)32-26-23(24(28)30-16-31-26)18-9-11-22(12-10-18)34-21-7-2-1-3-8-21/h1-14,16H,(H2,29,33)(H3,28,30,31,32). The SMILES string of the molecule is N#CC(=Cc1cccc(Nc2ncnc(N)c2-c2ccc(Oc3ccccc3)cc2)c1)C(N)=O. The predicted octanol–water partition coefficient (Wildman–Crippen LogP) is 4.65. The number of nitrogen functional groups attached to an aromatic ring is 1. The van der Waals surface area contributed by atoms with E-state index in [1.54, 1.807) is 24.3 Å². The van der Waals surface area contributed by atoms with Crippen molar-refractivity contribution >= 4 is 29.3 Å². The second-order valence-corrected chi connectivity index (χ2v) is 7.21. The lowest BCUT2D eigenvalue weighted by Gasteiger charge is -2.14. The molecule has 1 aromatic heterocycles. The van der Waals surface area contributed by atoms with Crippen molar-refractivity contribution in [2.24, 2.45) is 5.73 Å². The van der Waals surface area contributed by atoms with Crippen molar-refractivity contribution in [3.05, 3.63) is 96.3 Å². The molecule has 0 aliphatic heterocycles. The Balaban J connectivity index is 1.62. The molecule has 0 saturated heterocycles. The average molecular weight is 448 g/mol. The number of para-hydroxylation sites is 1. The second-order valence-electron chi connectivity index (χ2n) is 7.21. The van der Waals surface area contributed by atoms with Crippen LogP contribution < -0.4 is 21.5 Å². The fraction of sp³-hybridized carbons (Fsp3) is 0. The van der Waals surface area contributed by atoms with Crippen molar-refractivity contribution in [3.8, 4) is 28.7 Å². The van der Waals surface area contributed by atoms with Crippen LogP contribution >= 0.6 is 0 Å². The molecule has 1 amide bonds. The smallest absolute Gasteiger partial charge is 0.259 e. The fourth-order valence-electron chi connectivity index (χ4n) is 3.26. The molecule has 4 rings (SSSR count). The zero-order chi connectivity index (χ0) is 23.9. The highest BCUT2D eigenvalue weighted by Gasteiger charge is 2.13. The van der Waals surface area contributed by atoms with Crippen LogP contribution in [0, 0.1) is 11.3 Å². The molecule has 0 bridgehead atoms. The van der Waals surface area contributed by atoms with Crippen molar-refractivity contribution < 1.29 is 9.53 Å². The third kappa shape index (κ3) is 5.18. The van der Waals surface area contributed by atoms with Crippen LogP contribution in [0.3, 0.4) is 0 Å². The fourth-order valence-corrected chi connectivity index (χ4v) is 3.26. The summed E-state index contributed by atoms with van der Waals surface area (Å²) in [5.74, 6) is 1.45. The highest BCUT2D eigenvalue weighted by Crippen LogP contribution is 2.34. The lowest BCUT2D eigenvalue weighted by molar-refractivity contribution is -0.114. The van der Waals surface area contributed by atoms with Gasteiger partial charge in [0.05, 0.1) is 5.56 Å². The number of carbonyl (C=O) groups is 1. The van der Waals surface area contributed by atoms with E-state index >= 15 is 0 Å². The molecule has 8 heteroatoms. The van der Waals surface area contributed by atoms with E-state index in [-0.39, 0.29) is 5.57 Å². The van der Waals surface area contributed by atoms with Gasteiger partial charge in [-0.05, 0) is 53.6 Å². The molecular formula is C26H20N6O2. The van der Waals surface area contributed by atoms with Crippen molar-refractivity contribution in [2.45, 2.75) is 0 Å². The number of hydrogen-bond donors (Lipinski definition) is 3. The minimum absolute atomic E-state index is 0.137. The van der Waals surface area contributed by atoms with E-state index in [0.29, 0.717) is 34.2 Å². The Morgan fingerprint density at radius 1 is 0.971 bits per heavy atom. The van der Waals surface area contributed by atoms with Gasteiger partial charge in [-0.25, -0.2) is 9.97 Å². The lowest BCUT2D eigenvalue weighted by Crippen LogP contribution is -2.12. The molecule has 4 aromatic rings. The predicted molar refractivity (Wildman–Crippen MR) is 131 cm³/mol. The molecule has 5 N–H and O–H groups in total. The van der Waals surface area contributed by atoms with Crippen molar-refractivity contribution in [3.63, 3.8) is 0 Å². The van der Waals surface area contributed by atoms with E-state index in [1.165, 1.54) is 12.4 Å². The first-order chi connectivity index (χ1) is 16.5. The van der Waals surface area contributed by atoms with Gasteiger partial charge < -0.3 is 21.5 Å². The second kappa shape index (κ2) is 9.97. The van der Waals surface area contributed by atoms with E-state index < -0.39 is 5.91 Å². The van der Waals surface area contributed by atoms with Gasteiger partial charge in [0.1, 0.15) is 41.1 Å². The molecule has 8 nitrogen and oxygen atoms in total. The minimum Gasteiger partial charge on any atom is -0.457 e. The van der Waals surface area contributed by atoms with Crippen LogP contribution in [0.4, 0.5) is 17.3 Å². The summed E-state index contributed by atoms with van der Waals surface area (Å²) in [4.78, 5) is 19.8. The van der Waals surface area contributed by atoms with Crippen LogP contribution in [0.15, 0.2) is 90.8 Å².